The molecule has 0 radical (unpaired) electrons. The maximum atomic E-state index is 12.5. The van der Waals surface area contributed by atoms with E-state index in [-0.39, 0.29) is 18.5 Å². The first-order valence-corrected chi connectivity index (χ1v) is 27.9. The Morgan fingerprint density at radius 2 is 0.758 bits per heavy atom. The summed E-state index contributed by atoms with van der Waals surface area (Å²) < 4.78 is 5.46. The molecule has 0 saturated carbocycles. The molecule has 1 amide bonds. The highest BCUT2D eigenvalue weighted by Crippen LogP contribution is 2.17. The SMILES string of the molecule is CCCCCCCCCCCCCCCCCCC(O)C(CO)NC(=O)CCCCCCCCC/C=C\CCCCCCOC(=O)CCCCCCCCCCCCCCCC. The van der Waals surface area contributed by atoms with Crippen LogP contribution >= 0.6 is 0 Å². The quantitative estimate of drug-likeness (QED) is 0.0321. The number of unbranched alkanes of at least 4 members (excludes halogenated alkanes) is 39. The van der Waals surface area contributed by atoms with E-state index in [0.29, 0.717) is 25.9 Å². The van der Waals surface area contributed by atoms with Crippen LogP contribution in [0.15, 0.2) is 12.2 Å². The summed E-state index contributed by atoms with van der Waals surface area (Å²) in [5.41, 5.74) is 0. The van der Waals surface area contributed by atoms with Crippen molar-refractivity contribution in [1.82, 2.24) is 5.32 Å². The largest absolute Gasteiger partial charge is 0.466 e. The summed E-state index contributed by atoms with van der Waals surface area (Å²) in [5.74, 6) is -0.0553. The average molecular weight is 876 g/mol. The predicted molar refractivity (Wildman–Crippen MR) is 269 cm³/mol. The second kappa shape index (κ2) is 52.2. The number of esters is 1. The van der Waals surface area contributed by atoms with E-state index in [1.807, 2.05) is 0 Å². The van der Waals surface area contributed by atoms with Crippen LogP contribution in [-0.2, 0) is 14.3 Å². The molecule has 2 unspecified atom stereocenters. The average Bonchev–Trinajstić information content (AvgIpc) is 3.27. The minimum atomic E-state index is -0.673. The molecule has 0 spiro atoms. The van der Waals surface area contributed by atoms with Crippen LogP contribution in [0.5, 0.6) is 0 Å². The summed E-state index contributed by atoms with van der Waals surface area (Å²) >= 11 is 0. The Kier molecular flexibility index (Phi) is 51.0. The van der Waals surface area contributed by atoms with Gasteiger partial charge in [0.25, 0.3) is 0 Å². The van der Waals surface area contributed by atoms with Crippen molar-refractivity contribution in [2.45, 2.75) is 321 Å². The van der Waals surface area contributed by atoms with Crippen LogP contribution in [0.3, 0.4) is 0 Å². The lowest BCUT2D eigenvalue weighted by Crippen LogP contribution is -2.45. The Hall–Kier alpha value is -1.40. The molecule has 6 heteroatoms. The van der Waals surface area contributed by atoms with Crippen LogP contribution in [-0.4, -0.2) is 47.4 Å². The van der Waals surface area contributed by atoms with Crippen molar-refractivity contribution in [2.24, 2.45) is 0 Å². The van der Waals surface area contributed by atoms with Crippen LogP contribution in [0, 0.1) is 0 Å². The van der Waals surface area contributed by atoms with Gasteiger partial charge in [-0.1, -0.05) is 257 Å². The van der Waals surface area contributed by atoms with E-state index >= 15 is 0 Å². The number of hydrogen-bond acceptors (Lipinski definition) is 5. The molecule has 0 heterocycles. The third-order valence-electron chi connectivity index (χ3n) is 13.1. The van der Waals surface area contributed by atoms with Gasteiger partial charge in [-0.3, -0.25) is 9.59 Å². The fraction of sp³-hybridized carbons (Fsp3) is 0.929. The van der Waals surface area contributed by atoms with Crippen LogP contribution in [0.1, 0.15) is 309 Å². The number of carbonyl (C=O) groups is 2. The zero-order chi connectivity index (χ0) is 45.1. The number of nitrogens with one attached hydrogen (secondary N) is 1. The summed E-state index contributed by atoms with van der Waals surface area (Å²) in [6.45, 7) is 4.93. The highest BCUT2D eigenvalue weighted by Gasteiger charge is 2.20. The molecular formula is C56H109NO5. The van der Waals surface area contributed by atoms with Gasteiger partial charge in [-0.05, 0) is 51.4 Å². The van der Waals surface area contributed by atoms with E-state index in [1.54, 1.807) is 0 Å². The highest BCUT2D eigenvalue weighted by molar-refractivity contribution is 5.76. The van der Waals surface area contributed by atoms with Crippen LogP contribution in [0.25, 0.3) is 0 Å². The Labute approximate surface area is 387 Å². The maximum absolute atomic E-state index is 12.5. The monoisotopic (exact) mass is 876 g/mol. The first kappa shape index (κ1) is 60.6. The number of rotatable bonds is 52. The van der Waals surface area contributed by atoms with Gasteiger partial charge in [-0.2, -0.15) is 0 Å². The topological polar surface area (TPSA) is 95.9 Å². The van der Waals surface area contributed by atoms with E-state index in [4.69, 9.17) is 4.74 Å². The molecule has 6 nitrogen and oxygen atoms in total. The van der Waals surface area contributed by atoms with E-state index in [9.17, 15) is 19.8 Å². The number of aliphatic hydroxyl groups is 2. The van der Waals surface area contributed by atoms with Gasteiger partial charge in [0.1, 0.15) is 0 Å². The molecule has 0 rings (SSSR count). The Balaban J connectivity index is 3.46. The molecule has 0 aliphatic heterocycles. The minimum Gasteiger partial charge on any atom is -0.466 e. The molecule has 0 bridgehead atoms. The van der Waals surface area contributed by atoms with Crippen molar-refractivity contribution in [2.75, 3.05) is 13.2 Å². The van der Waals surface area contributed by atoms with Gasteiger partial charge < -0.3 is 20.3 Å². The first-order chi connectivity index (χ1) is 30.5. The zero-order valence-corrected chi connectivity index (χ0v) is 41.9. The lowest BCUT2D eigenvalue weighted by molar-refractivity contribution is -0.143. The molecule has 0 aliphatic carbocycles. The Morgan fingerprint density at radius 3 is 1.15 bits per heavy atom. The van der Waals surface area contributed by atoms with Crippen molar-refractivity contribution >= 4 is 11.9 Å². The highest BCUT2D eigenvalue weighted by atomic mass is 16.5. The second-order valence-electron chi connectivity index (χ2n) is 19.3. The van der Waals surface area contributed by atoms with Crippen LogP contribution < -0.4 is 5.32 Å². The fourth-order valence-corrected chi connectivity index (χ4v) is 8.75. The van der Waals surface area contributed by atoms with Crippen LogP contribution in [0.4, 0.5) is 0 Å². The van der Waals surface area contributed by atoms with Gasteiger partial charge in [0.2, 0.25) is 5.91 Å². The minimum absolute atomic E-state index is 0.00728. The lowest BCUT2D eigenvalue weighted by atomic mass is 10.0. The normalized spacial score (nSPS) is 12.6. The fourth-order valence-electron chi connectivity index (χ4n) is 8.75. The number of carbonyl (C=O) groups excluding carboxylic acids is 2. The van der Waals surface area contributed by atoms with E-state index in [0.717, 1.165) is 70.6 Å². The van der Waals surface area contributed by atoms with Gasteiger partial charge in [0, 0.05) is 12.8 Å². The number of allylic oxidation sites excluding steroid dienone is 2. The number of aliphatic hydroxyl groups excluding tert-OH is 2. The Bertz CT molecular complexity index is 924. The molecule has 0 saturated heterocycles. The first-order valence-electron chi connectivity index (χ1n) is 27.9. The van der Waals surface area contributed by atoms with E-state index in [2.05, 4.69) is 31.3 Å². The standard InChI is InChI=1S/C56H109NO5/c1-3-5-7-9-11-13-15-17-19-21-24-28-32-36-40-44-48-54(59)53(52-58)57-55(60)49-45-41-37-33-29-25-22-20-23-27-31-35-39-43-47-51-62-56(61)50-46-42-38-34-30-26-18-16-14-12-10-8-6-4-2/h23,27,53-54,58-59H,3-22,24-26,28-52H2,1-2H3,(H,57,60)/b27-23-. The summed E-state index contributed by atoms with van der Waals surface area (Å²) in [5, 5.41) is 23.3. The van der Waals surface area contributed by atoms with Gasteiger partial charge in [0.15, 0.2) is 0 Å². The smallest absolute Gasteiger partial charge is 0.305 e. The van der Waals surface area contributed by atoms with Gasteiger partial charge in [0.05, 0.1) is 25.4 Å². The number of amides is 1. The van der Waals surface area contributed by atoms with Crippen molar-refractivity contribution in [3.8, 4) is 0 Å². The molecule has 62 heavy (non-hydrogen) atoms. The molecular weight excluding hydrogens is 767 g/mol. The number of ether oxygens (including phenoxy) is 1. The third kappa shape index (κ3) is 48.1. The van der Waals surface area contributed by atoms with Gasteiger partial charge in [-0.25, -0.2) is 0 Å². The van der Waals surface area contributed by atoms with Crippen molar-refractivity contribution < 1.29 is 24.5 Å². The predicted octanol–water partition coefficient (Wildman–Crippen LogP) is 16.9. The van der Waals surface area contributed by atoms with E-state index < -0.39 is 12.1 Å². The molecule has 3 N–H and O–H groups in total. The molecule has 0 aliphatic rings. The maximum Gasteiger partial charge on any atom is 0.305 e. The van der Waals surface area contributed by atoms with Crippen molar-refractivity contribution in [1.29, 1.82) is 0 Å². The molecule has 0 aromatic rings. The zero-order valence-electron chi connectivity index (χ0n) is 41.9. The number of hydrogen-bond donors (Lipinski definition) is 3. The molecule has 2 atom stereocenters. The summed E-state index contributed by atoms with van der Waals surface area (Å²) in [6.07, 6.45) is 60.5. The molecule has 368 valence electrons. The molecule has 0 fully saturated rings. The van der Waals surface area contributed by atoms with Gasteiger partial charge in [-0.15, -0.1) is 0 Å². The molecule has 0 aromatic heterocycles. The summed E-state index contributed by atoms with van der Waals surface area (Å²) in [4.78, 5) is 24.5. The van der Waals surface area contributed by atoms with E-state index in [1.165, 1.54) is 205 Å². The second-order valence-corrected chi connectivity index (χ2v) is 19.3. The van der Waals surface area contributed by atoms with Crippen LogP contribution in [0.2, 0.25) is 0 Å². The van der Waals surface area contributed by atoms with Gasteiger partial charge >= 0.3 is 5.97 Å². The van der Waals surface area contributed by atoms with Crippen molar-refractivity contribution in [3.63, 3.8) is 0 Å². The third-order valence-corrected chi connectivity index (χ3v) is 13.1. The summed E-state index contributed by atoms with van der Waals surface area (Å²) in [7, 11) is 0. The Morgan fingerprint density at radius 1 is 0.435 bits per heavy atom. The molecule has 0 aromatic carbocycles. The lowest BCUT2D eigenvalue weighted by Gasteiger charge is -2.22. The summed E-state index contributed by atoms with van der Waals surface area (Å²) in [6, 6.07) is -0.552. The van der Waals surface area contributed by atoms with Crippen molar-refractivity contribution in [3.05, 3.63) is 12.2 Å².